The average Bonchev–Trinajstić information content (AvgIpc) is 3.29. The Morgan fingerprint density at radius 2 is 1.93 bits per heavy atom. The predicted octanol–water partition coefficient (Wildman–Crippen LogP) is 1.05. The number of hydrogen-bond donors (Lipinski definition) is 2. The van der Waals surface area contributed by atoms with Crippen LogP contribution in [0.3, 0.4) is 0 Å². The Labute approximate surface area is 155 Å². The number of aromatic nitrogens is 1. The molecule has 0 spiro atoms. The van der Waals surface area contributed by atoms with Crippen molar-refractivity contribution in [1.82, 2.24) is 15.2 Å². The minimum Gasteiger partial charge on any atom is -0.452 e. The van der Waals surface area contributed by atoms with Crippen LogP contribution in [0.1, 0.15) is 35.0 Å². The van der Waals surface area contributed by atoms with Gasteiger partial charge in [0.05, 0.1) is 6.54 Å². The molecule has 0 unspecified atom stereocenters. The summed E-state index contributed by atoms with van der Waals surface area (Å²) in [5.74, 6) is -1.40. The second-order valence-electron chi connectivity index (χ2n) is 5.62. The van der Waals surface area contributed by atoms with Crippen LogP contribution in [0.4, 0.5) is 0 Å². The van der Waals surface area contributed by atoms with Gasteiger partial charge in [-0.3, -0.25) is 14.2 Å². The van der Waals surface area contributed by atoms with Gasteiger partial charge >= 0.3 is 5.97 Å². The third kappa shape index (κ3) is 4.98. The highest BCUT2D eigenvalue weighted by atomic mass is 16.5. The lowest BCUT2D eigenvalue weighted by molar-refractivity contribution is -0.127. The Bertz CT molecular complexity index is 861. The number of nitrogens with zero attached hydrogens (tertiary/aromatic N) is 2. The maximum atomic E-state index is 12.3. The fourth-order valence-corrected chi connectivity index (χ4v) is 2.29. The molecule has 9 nitrogen and oxygen atoms in total. The summed E-state index contributed by atoms with van der Waals surface area (Å²) in [5, 5.41) is 14.4. The van der Waals surface area contributed by atoms with Gasteiger partial charge in [-0.15, -0.1) is 0 Å². The summed E-state index contributed by atoms with van der Waals surface area (Å²) in [4.78, 5) is 35.5. The van der Waals surface area contributed by atoms with Crippen LogP contribution in [-0.4, -0.2) is 42.0 Å². The Kier molecular flexibility index (Phi) is 6.77. The summed E-state index contributed by atoms with van der Waals surface area (Å²) in [7, 11) is 0. The van der Waals surface area contributed by atoms with Crippen molar-refractivity contribution < 1.29 is 23.5 Å². The Balaban J connectivity index is 1.97. The van der Waals surface area contributed by atoms with Crippen molar-refractivity contribution in [2.75, 3.05) is 19.7 Å². The van der Waals surface area contributed by atoms with Crippen molar-refractivity contribution in [3.63, 3.8) is 0 Å². The number of ether oxygens (including phenoxy) is 1. The maximum absolute atomic E-state index is 12.3. The number of amides is 2. The Morgan fingerprint density at radius 3 is 2.56 bits per heavy atom. The van der Waals surface area contributed by atoms with E-state index in [1.54, 1.807) is 29.1 Å². The van der Waals surface area contributed by atoms with Gasteiger partial charge < -0.3 is 19.8 Å². The topological polar surface area (TPSA) is 126 Å². The fraction of sp³-hybridized carbons (Fsp3) is 0.333. The molecule has 0 fully saturated rings. The van der Waals surface area contributed by atoms with Crippen molar-refractivity contribution in [3.05, 3.63) is 41.4 Å². The number of aryl methyl sites for hydroxylation is 1. The number of rotatable bonds is 8. The summed E-state index contributed by atoms with van der Waals surface area (Å²) in [6, 6.07) is 5.43. The molecule has 2 aromatic rings. The smallest absolute Gasteiger partial charge is 0.343 e. The van der Waals surface area contributed by atoms with Crippen LogP contribution in [-0.2, 0) is 14.3 Å². The number of furan rings is 1. The molecule has 2 amide bonds. The number of nitriles is 1. The van der Waals surface area contributed by atoms with Crippen molar-refractivity contribution in [2.24, 2.45) is 0 Å². The first-order chi connectivity index (χ1) is 13.0. The lowest BCUT2D eigenvalue weighted by Gasteiger charge is -2.07. The number of carbonyl (C=O) groups excluding carboxylic acids is 3. The summed E-state index contributed by atoms with van der Waals surface area (Å²) >= 11 is 0. The van der Waals surface area contributed by atoms with E-state index in [4.69, 9.17) is 9.15 Å². The van der Waals surface area contributed by atoms with Crippen LogP contribution in [0, 0.1) is 18.3 Å². The summed E-state index contributed by atoms with van der Waals surface area (Å²) in [6.07, 6.45) is 4.13. The summed E-state index contributed by atoms with van der Waals surface area (Å²) < 4.78 is 12.0. The molecule has 2 N–H and O–H groups in total. The predicted molar refractivity (Wildman–Crippen MR) is 94.1 cm³/mol. The van der Waals surface area contributed by atoms with Gasteiger partial charge in [-0.2, -0.15) is 5.26 Å². The highest BCUT2D eigenvalue weighted by molar-refractivity contribution is 5.96. The van der Waals surface area contributed by atoms with E-state index in [-0.39, 0.29) is 35.2 Å². The fourth-order valence-electron chi connectivity index (χ4n) is 2.29. The van der Waals surface area contributed by atoms with Gasteiger partial charge in [0.1, 0.15) is 23.0 Å². The maximum Gasteiger partial charge on any atom is 0.343 e. The van der Waals surface area contributed by atoms with Crippen molar-refractivity contribution in [3.8, 4) is 12.0 Å². The molecule has 0 saturated heterocycles. The number of nitrogens with one attached hydrogen (secondary N) is 2. The third-order valence-corrected chi connectivity index (χ3v) is 3.57. The SMILES string of the molecule is CCCNC(=O)CNC(=O)COC(=O)c1c(C)oc(-n2cccc2)c1C#N. The van der Waals surface area contributed by atoms with E-state index in [0.717, 1.165) is 6.42 Å². The molecule has 9 heteroatoms. The number of esters is 1. The van der Waals surface area contributed by atoms with Gasteiger partial charge in [0.2, 0.25) is 11.8 Å². The third-order valence-electron chi connectivity index (χ3n) is 3.57. The molecule has 2 rings (SSSR count). The molecule has 142 valence electrons. The summed E-state index contributed by atoms with van der Waals surface area (Å²) in [6.45, 7) is 3.18. The molecule has 27 heavy (non-hydrogen) atoms. The van der Waals surface area contributed by atoms with Crippen LogP contribution < -0.4 is 10.6 Å². The highest BCUT2D eigenvalue weighted by Gasteiger charge is 2.26. The molecule has 0 bridgehead atoms. The van der Waals surface area contributed by atoms with Gasteiger partial charge in [-0.25, -0.2) is 4.79 Å². The van der Waals surface area contributed by atoms with Gasteiger partial charge in [0, 0.05) is 18.9 Å². The molecule has 2 aromatic heterocycles. The van der Waals surface area contributed by atoms with E-state index in [1.165, 1.54) is 6.92 Å². The second kappa shape index (κ2) is 9.24. The molecule has 0 aliphatic rings. The zero-order valence-corrected chi connectivity index (χ0v) is 15.1. The number of hydrogen-bond acceptors (Lipinski definition) is 6. The molecular weight excluding hydrogens is 352 g/mol. The lowest BCUT2D eigenvalue weighted by Crippen LogP contribution is -2.39. The molecule has 0 radical (unpaired) electrons. The minimum atomic E-state index is -0.850. The first-order valence-electron chi connectivity index (χ1n) is 8.35. The first-order valence-corrected chi connectivity index (χ1v) is 8.35. The van der Waals surface area contributed by atoms with E-state index in [1.807, 2.05) is 13.0 Å². The van der Waals surface area contributed by atoms with Crippen molar-refractivity contribution >= 4 is 17.8 Å². The normalized spacial score (nSPS) is 10.1. The van der Waals surface area contributed by atoms with Crippen LogP contribution in [0.15, 0.2) is 28.9 Å². The Morgan fingerprint density at radius 1 is 1.22 bits per heavy atom. The average molecular weight is 372 g/mol. The molecule has 0 aliphatic carbocycles. The highest BCUT2D eigenvalue weighted by Crippen LogP contribution is 2.26. The minimum absolute atomic E-state index is 0.0213. The van der Waals surface area contributed by atoms with E-state index in [0.29, 0.717) is 6.54 Å². The molecule has 0 saturated carbocycles. The monoisotopic (exact) mass is 372 g/mol. The second-order valence-corrected chi connectivity index (χ2v) is 5.62. The molecule has 0 aliphatic heterocycles. The summed E-state index contributed by atoms with van der Waals surface area (Å²) in [5.41, 5.74) is -0.0114. The van der Waals surface area contributed by atoms with Crippen LogP contribution in [0.25, 0.3) is 5.88 Å². The van der Waals surface area contributed by atoms with E-state index >= 15 is 0 Å². The van der Waals surface area contributed by atoms with Crippen LogP contribution >= 0.6 is 0 Å². The van der Waals surface area contributed by atoms with Crippen molar-refractivity contribution in [2.45, 2.75) is 20.3 Å². The molecule has 0 atom stereocenters. The van der Waals surface area contributed by atoms with Crippen LogP contribution in [0.5, 0.6) is 0 Å². The van der Waals surface area contributed by atoms with Gasteiger partial charge in [-0.05, 0) is 25.5 Å². The Hall–Kier alpha value is -3.54. The van der Waals surface area contributed by atoms with E-state index in [9.17, 15) is 19.6 Å². The van der Waals surface area contributed by atoms with E-state index in [2.05, 4.69) is 10.6 Å². The quantitative estimate of drug-likeness (QED) is 0.667. The molecule has 2 heterocycles. The van der Waals surface area contributed by atoms with Crippen molar-refractivity contribution in [1.29, 1.82) is 5.26 Å². The zero-order chi connectivity index (χ0) is 19.8. The standard InChI is InChI=1S/C18H20N4O5/c1-3-6-20-14(23)10-21-15(24)11-26-18(25)16-12(2)27-17(13(16)9-19)22-7-4-5-8-22/h4-5,7-8H,3,6,10-11H2,1-2H3,(H,20,23)(H,21,24). The largest absolute Gasteiger partial charge is 0.452 e. The molecular formula is C18H20N4O5. The zero-order valence-electron chi connectivity index (χ0n) is 15.1. The number of carbonyl (C=O) groups is 3. The van der Waals surface area contributed by atoms with Crippen LogP contribution in [0.2, 0.25) is 0 Å². The molecule has 0 aromatic carbocycles. The first kappa shape index (κ1) is 19.8. The van der Waals surface area contributed by atoms with Gasteiger partial charge in [-0.1, -0.05) is 6.92 Å². The van der Waals surface area contributed by atoms with Gasteiger partial charge in [0.25, 0.3) is 5.91 Å². The van der Waals surface area contributed by atoms with E-state index < -0.39 is 18.5 Å². The lowest BCUT2D eigenvalue weighted by atomic mass is 10.1. The van der Waals surface area contributed by atoms with Gasteiger partial charge in [0.15, 0.2) is 6.61 Å².